The van der Waals surface area contributed by atoms with Crippen LogP contribution in [0.15, 0.2) is 41.7 Å². The highest BCUT2D eigenvalue weighted by Gasteiger charge is 2.13. The molecule has 0 unspecified atom stereocenters. The van der Waals surface area contributed by atoms with E-state index >= 15 is 0 Å². The monoisotopic (exact) mass is 332 g/mol. The third-order valence-electron chi connectivity index (χ3n) is 3.23. The van der Waals surface area contributed by atoms with Crippen LogP contribution in [-0.2, 0) is 5.75 Å². The first-order chi connectivity index (χ1) is 11.0. The zero-order valence-corrected chi connectivity index (χ0v) is 13.4. The Morgan fingerprint density at radius 3 is 2.61 bits per heavy atom. The smallest absolute Gasteiger partial charge is 0.186 e. The van der Waals surface area contributed by atoms with E-state index < -0.39 is 11.6 Å². The molecule has 118 valence electrons. The molecular weight excluding hydrogens is 318 g/mol. The summed E-state index contributed by atoms with van der Waals surface area (Å²) in [5, 5.41) is 5.01. The second kappa shape index (κ2) is 6.45. The van der Waals surface area contributed by atoms with Gasteiger partial charge in [0.15, 0.2) is 5.82 Å². The van der Waals surface area contributed by atoms with E-state index in [4.69, 9.17) is 0 Å². The van der Waals surface area contributed by atoms with Crippen molar-refractivity contribution in [3.05, 3.63) is 65.2 Å². The van der Waals surface area contributed by atoms with Crippen molar-refractivity contribution in [2.45, 2.75) is 24.6 Å². The van der Waals surface area contributed by atoms with Crippen LogP contribution in [0, 0.1) is 25.5 Å². The van der Waals surface area contributed by atoms with Crippen LogP contribution >= 0.6 is 11.8 Å². The molecule has 0 atom stereocenters. The summed E-state index contributed by atoms with van der Waals surface area (Å²) in [6.07, 6.45) is 3.15. The largest absolute Gasteiger partial charge is 0.244 e. The third-order valence-corrected chi connectivity index (χ3v) is 4.25. The first kappa shape index (κ1) is 15.6. The Balaban J connectivity index is 1.89. The molecule has 23 heavy (non-hydrogen) atoms. The average molecular weight is 332 g/mol. The molecule has 3 aromatic rings. The quantitative estimate of drug-likeness (QED) is 0.681. The van der Waals surface area contributed by atoms with Crippen molar-refractivity contribution in [3.8, 4) is 5.82 Å². The number of halogens is 2. The van der Waals surface area contributed by atoms with Gasteiger partial charge in [0.2, 0.25) is 0 Å². The van der Waals surface area contributed by atoms with E-state index in [1.54, 1.807) is 17.1 Å². The number of nitrogens with zero attached hydrogens (tertiary/aromatic N) is 4. The van der Waals surface area contributed by atoms with Gasteiger partial charge in [0.25, 0.3) is 0 Å². The zero-order chi connectivity index (χ0) is 16.4. The lowest BCUT2D eigenvalue weighted by Gasteiger charge is -2.09. The van der Waals surface area contributed by atoms with Crippen molar-refractivity contribution in [3.63, 3.8) is 0 Å². The Morgan fingerprint density at radius 1 is 1.09 bits per heavy atom. The van der Waals surface area contributed by atoms with Gasteiger partial charge in [-0.25, -0.2) is 23.4 Å². The van der Waals surface area contributed by atoms with Crippen molar-refractivity contribution in [2.24, 2.45) is 0 Å². The third kappa shape index (κ3) is 3.39. The predicted octanol–water partition coefficient (Wildman–Crippen LogP) is 3.85. The maximum Gasteiger partial charge on any atom is 0.186 e. The van der Waals surface area contributed by atoms with Gasteiger partial charge in [0, 0.05) is 29.4 Å². The van der Waals surface area contributed by atoms with Crippen LogP contribution in [0.5, 0.6) is 0 Å². The molecular formula is C16H14F2N4S. The van der Waals surface area contributed by atoms with E-state index in [0.717, 1.165) is 23.5 Å². The fourth-order valence-corrected chi connectivity index (χ4v) is 3.13. The van der Waals surface area contributed by atoms with Crippen LogP contribution in [0.2, 0.25) is 0 Å². The molecule has 0 fully saturated rings. The molecule has 0 spiro atoms. The van der Waals surface area contributed by atoms with E-state index in [1.165, 1.54) is 17.8 Å². The normalized spacial score (nSPS) is 11.0. The highest BCUT2D eigenvalue weighted by molar-refractivity contribution is 7.98. The molecule has 0 saturated heterocycles. The molecule has 1 aromatic carbocycles. The molecule has 0 aliphatic rings. The van der Waals surface area contributed by atoms with Crippen LogP contribution in [-0.4, -0.2) is 19.7 Å². The standard InChI is InChI=1S/C16H14F2N4S/c1-10-7-11(2)22(21-10)15-16(20-6-5-19-15)23-9-12-8-13(17)3-4-14(12)18/h3-8H,9H2,1-2H3. The molecule has 0 radical (unpaired) electrons. The second-order valence-corrected chi connectivity index (χ2v) is 6.01. The fourth-order valence-electron chi connectivity index (χ4n) is 2.21. The number of aromatic nitrogens is 4. The second-order valence-electron chi connectivity index (χ2n) is 5.05. The minimum absolute atomic E-state index is 0.259. The molecule has 4 nitrogen and oxygen atoms in total. The number of aryl methyl sites for hydroxylation is 2. The Morgan fingerprint density at radius 2 is 1.87 bits per heavy atom. The average Bonchev–Trinajstić information content (AvgIpc) is 2.87. The van der Waals surface area contributed by atoms with E-state index in [1.807, 2.05) is 19.9 Å². The maximum absolute atomic E-state index is 13.7. The lowest BCUT2D eigenvalue weighted by atomic mass is 10.2. The Labute approximate surface area is 136 Å². The van der Waals surface area contributed by atoms with Crippen LogP contribution in [0.1, 0.15) is 17.0 Å². The highest BCUT2D eigenvalue weighted by Crippen LogP contribution is 2.27. The van der Waals surface area contributed by atoms with Gasteiger partial charge in [0.1, 0.15) is 16.7 Å². The van der Waals surface area contributed by atoms with E-state index in [9.17, 15) is 8.78 Å². The molecule has 3 rings (SSSR count). The van der Waals surface area contributed by atoms with E-state index in [-0.39, 0.29) is 5.75 Å². The topological polar surface area (TPSA) is 43.6 Å². The van der Waals surface area contributed by atoms with Crippen molar-refractivity contribution in [1.82, 2.24) is 19.7 Å². The summed E-state index contributed by atoms with van der Waals surface area (Å²) in [7, 11) is 0. The molecule has 2 heterocycles. The summed E-state index contributed by atoms with van der Waals surface area (Å²) in [5.41, 5.74) is 2.10. The molecule has 0 N–H and O–H groups in total. The van der Waals surface area contributed by atoms with Crippen molar-refractivity contribution >= 4 is 11.8 Å². The maximum atomic E-state index is 13.7. The van der Waals surface area contributed by atoms with Gasteiger partial charge in [0.05, 0.1) is 5.69 Å². The van der Waals surface area contributed by atoms with Crippen LogP contribution in [0.4, 0.5) is 8.78 Å². The summed E-state index contributed by atoms with van der Waals surface area (Å²) in [6, 6.07) is 5.37. The minimum atomic E-state index is -0.458. The van der Waals surface area contributed by atoms with Gasteiger partial charge < -0.3 is 0 Å². The van der Waals surface area contributed by atoms with Gasteiger partial charge in [-0.1, -0.05) is 11.8 Å². The zero-order valence-electron chi connectivity index (χ0n) is 12.6. The number of benzene rings is 1. The van der Waals surface area contributed by atoms with Gasteiger partial charge in [-0.2, -0.15) is 5.10 Å². The minimum Gasteiger partial charge on any atom is -0.244 e. The van der Waals surface area contributed by atoms with Gasteiger partial charge in [-0.3, -0.25) is 0 Å². The molecule has 0 aliphatic carbocycles. The summed E-state index contributed by atoms with van der Waals surface area (Å²) in [5.74, 6) is -0.0514. The van der Waals surface area contributed by atoms with E-state index in [0.29, 0.717) is 16.4 Å². The highest BCUT2D eigenvalue weighted by atomic mass is 32.2. The van der Waals surface area contributed by atoms with Crippen LogP contribution in [0.3, 0.4) is 0 Å². The van der Waals surface area contributed by atoms with Crippen LogP contribution < -0.4 is 0 Å². The Hall–Kier alpha value is -2.28. The SMILES string of the molecule is Cc1cc(C)n(-c2nccnc2SCc2cc(F)ccc2F)n1. The molecule has 0 amide bonds. The summed E-state index contributed by atoms with van der Waals surface area (Å²) in [6.45, 7) is 3.82. The molecule has 0 saturated carbocycles. The number of rotatable bonds is 4. The summed E-state index contributed by atoms with van der Waals surface area (Å²) in [4.78, 5) is 8.62. The van der Waals surface area contributed by atoms with Gasteiger partial charge in [-0.15, -0.1) is 0 Å². The molecule has 2 aromatic heterocycles. The first-order valence-corrected chi connectivity index (χ1v) is 7.94. The van der Waals surface area contributed by atoms with Crippen molar-refractivity contribution in [2.75, 3.05) is 0 Å². The summed E-state index contributed by atoms with van der Waals surface area (Å²) < 4.78 is 28.7. The van der Waals surface area contributed by atoms with Gasteiger partial charge in [-0.05, 0) is 38.1 Å². The molecule has 0 aliphatic heterocycles. The number of thioether (sulfide) groups is 1. The Kier molecular flexibility index (Phi) is 4.38. The van der Waals surface area contributed by atoms with Crippen LogP contribution in [0.25, 0.3) is 5.82 Å². The first-order valence-electron chi connectivity index (χ1n) is 6.96. The van der Waals surface area contributed by atoms with Crippen molar-refractivity contribution < 1.29 is 8.78 Å². The van der Waals surface area contributed by atoms with Crippen molar-refractivity contribution in [1.29, 1.82) is 0 Å². The summed E-state index contributed by atoms with van der Waals surface area (Å²) >= 11 is 1.29. The number of hydrogen-bond acceptors (Lipinski definition) is 4. The molecule has 7 heteroatoms. The lowest BCUT2D eigenvalue weighted by Crippen LogP contribution is -2.05. The fraction of sp³-hybridized carbons (Fsp3) is 0.188. The Bertz CT molecular complexity index is 848. The number of hydrogen-bond donors (Lipinski definition) is 0. The van der Waals surface area contributed by atoms with E-state index in [2.05, 4.69) is 15.1 Å². The lowest BCUT2D eigenvalue weighted by molar-refractivity contribution is 0.591. The predicted molar refractivity (Wildman–Crippen MR) is 84.5 cm³/mol. The molecule has 0 bridgehead atoms. The van der Waals surface area contributed by atoms with Gasteiger partial charge >= 0.3 is 0 Å².